The molecule has 1 aliphatic carbocycles. The monoisotopic (exact) mass is 525 g/mol. The average molecular weight is 526 g/mol. The van der Waals surface area contributed by atoms with Crippen LogP contribution in [0.4, 0.5) is 5.82 Å². The first-order valence-electron chi connectivity index (χ1n) is 13.2. The number of carboxylic acids is 1. The van der Waals surface area contributed by atoms with Crippen molar-refractivity contribution in [2.45, 2.75) is 70.4 Å². The van der Waals surface area contributed by atoms with E-state index in [4.69, 9.17) is 26.4 Å². The van der Waals surface area contributed by atoms with Gasteiger partial charge in [-0.1, -0.05) is 17.7 Å². The molecule has 0 radical (unpaired) electrons. The number of hydrogen-bond donors (Lipinski definition) is 3. The zero-order valence-corrected chi connectivity index (χ0v) is 22.1. The topological polar surface area (TPSA) is 120 Å². The van der Waals surface area contributed by atoms with Gasteiger partial charge in [0.2, 0.25) is 0 Å². The van der Waals surface area contributed by atoms with Crippen LogP contribution in [0.15, 0.2) is 30.5 Å². The number of hydrogen-bond acceptors (Lipinski definition) is 7. The second kappa shape index (κ2) is 12.7. The lowest BCUT2D eigenvalue weighted by atomic mass is 9.82. The molecule has 9 heteroatoms. The first-order chi connectivity index (χ1) is 17.9. The van der Waals surface area contributed by atoms with E-state index < -0.39 is 11.4 Å². The molecule has 2 aromatic heterocycles. The zero-order valence-electron chi connectivity index (χ0n) is 21.4. The van der Waals surface area contributed by atoms with E-state index in [0.29, 0.717) is 36.7 Å². The van der Waals surface area contributed by atoms with Crippen LogP contribution in [0.5, 0.6) is 0 Å². The number of ether oxygens (including phenoxy) is 1. The molecule has 2 aliphatic rings. The minimum atomic E-state index is -0.764. The second-order valence-corrected chi connectivity index (χ2v) is 10.9. The Kier molecular flexibility index (Phi) is 9.36. The molecule has 1 aliphatic heterocycles. The summed E-state index contributed by atoms with van der Waals surface area (Å²) in [7, 11) is 0. The van der Waals surface area contributed by atoms with Gasteiger partial charge in [-0.15, -0.1) is 0 Å². The third-order valence-corrected chi connectivity index (χ3v) is 7.88. The molecule has 3 N–H and O–H groups in total. The number of rotatable bonds is 10. The number of aromatic nitrogens is 2. The third kappa shape index (κ3) is 7.64. The number of pyridine rings is 2. The standard InChI is InChI=1S/C28H36ClN5O3/c1-19(13-27(35)36)33-21-7-5-20(6-8-21)14-22-15-23(24(29)16-31-22)25-3-2-4-26(34-25)32-18-28(17-30)9-11-37-12-10-28/h2-4,15-16,19-21,33H,5-14,18H2,1H3,(H,32,34)(H,35,36)/t19-,20?,21?/m0/s1. The predicted molar refractivity (Wildman–Crippen MR) is 143 cm³/mol. The fraction of sp³-hybridized carbons (Fsp3) is 0.571. The minimum absolute atomic E-state index is 0.0144. The van der Waals surface area contributed by atoms with Gasteiger partial charge in [0.15, 0.2) is 0 Å². The highest BCUT2D eigenvalue weighted by molar-refractivity contribution is 6.33. The van der Waals surface area contributed by atoms with Crippen molar-refractivity contribution in [1.82, 2.24) is 15.3 Å². The molecule has 8 nitrogen and oxygen atoms in total. The molecule has 2 aromatic rings. The zero-order chi connectivity index (χ0) is 26.3. The van der Waals surface area contributed by atoms with Gasteiger partial charge in [0, 0.05) is 49.3 Å². The highest BCUT2D eigenvalue weighted by Crippen LogP contribution is 2.32. The van der Waals surface area contributed by atoms with Crippen LogP contribution in [-0.2, 0) is 16.0 Å². The number of nitrogens with zero attached hydrogens (tertiary/aromatic N) is 3. The van der Waals surface area contributed by atoms with Crippen LogP contribution in [0.3, 0.4) is 0 Å². The molecular weight excluding hydrogens is 490 g/mol. The summed E-state index contributed by atoms with van der Waals surface area (Å²) >= 11 is 6.54. The number of carbonyl (C=O) groups is 1. The van der Waals surface area contributed by atoms with E-state index in [1.54, 1.807) is 6.20 Å². The van der Waals surface area contributed by atoms with Gasteiger partial charge in [0.25, 0.3) is 0 Å². The van der Waals surface area contributed by atoms with Gasteiger partial charge in [0.05, 0.1) is 28.6 Å². The summed E-state index contributed by atoms with van der Waals surface area (Å²) in [6, 6.07) is 10.7. The van der Waals surface area contributed by atoms with E-state index in [2.05, 4.69) is 21.7 Å². The average Bonchev–Trinajstić information content (AvgIpc) is 2.90. The predicted octanol–water partition coefficient (Wildman–Crippen LogP) is 5.08. The van der Waals surface area contributed by atoms with Crippen LogP contribution >= 0.6 is 11.6 Å². The summed E-state index contributed by atoms with van der Waals surface area (Å²) in [6.45, 7) is 3.69. The van der Waals surface area contributed by atoms with Gasteiger partial charge >= 0.3 is 5.97 Å². The van der Waals surface area contributed by atoms with Crippen LogP contribution < -0.4 is 10.6 Å². The van der Waals surface area contributed by atoms with Crippen LogP contribution in [0.25, 0.3) is 11.3 Å². The van der Waals surface area contributed by atoms with Crippen molar-refractivity contribution in [1.29, 1.82) is 5.26 Å². The van der Waals surface area contributed by atoms with Crippen molar-refractivity contribution in [3.63, 3.8) is 0 Å². The Labute approximate surface area is 223 Å². The smallest absolute Gasteiger partial charge is 0.304 e. The first kappa shape index (κ1) is 27.3. The molecule has 1 saturated carbocycles. The highest BCUT2D eigenvalue weighted by Gasteiger charge is 2.32. The molecule has 0 spiro atoms. The summed E-state index contributed by atoms with van der Waals surface area (Å²) in [6.07, 6.45) is 8.43. The van der Waals surface area contributed by atoms with Crippen molar-refractivity contribution in [2.24, 2.45) is 11.3 Å². The quantitative estimate of drug-likeness (QED) is 0.392. The van der Waals surface area contributed by atoms with E-state index in [-0.39, 0.29) is 12.5 Å². The fourth-order valence-electron chi connectivity index (χ4n) is 5.38. The first-order valence-corrected chi connectivity index (χ1v) is 13.6. The van der Waals surface area contributed by atoms with Crippen molar-refractivity contribution in [2.75, 3.05) is 25.1 Å². The maximum atomic E-state index is 10.9. The van der Waals surface area contributed by atoms with Crippen LogP contribution in [0.2, 0.25) is 5.02 Å². The number of nitrogens with one attached hydrogen (secondary N) is 2. The number of halogens is 1. The van der Waals surface area contributed by atoms with Crippen molar-refractivity contribution in [3.8, 4) is 17.3 Å². The molecule has 4 rings (SSSR count). The molecule has 3 heterocycles. The van der Waals surface area contributed by atoms with Gasteiger partial charge in [-0.3, -0.25) is 9.78 Å². The Morgan fingerprint density at radius 3 is 2.76 bits per heavy atom. The van der Waals surface area contributed by atoms with E-state index >= 15 is 0 Å². The maximum Gasteiger partial charge on any atom is 0.304 e. The van der Waals surface area contributed by atoms with E-state index in [9.17, 15) is 10.1 Å². The Morgan fingerprint density at radius 1 is 1.30 bits per heavy atom. The summed E-state index contributed by atoms with van der Waals surface area (Å²) < 4.78 is 5.43. The summed E-state index contributed by atoms with van der Waals surface area (Å²) in [5.74, 6) is 0.493. The third-order valence-electron chi connectivity index (χ3n) is 7.58. The SMILES string of the molecule is C[C@@H](CC(=O)O)NC1CCC(Cc2cc(-c3cccc(NCC4(C#N)CCOCC4)n3)c(Cl)cn2)CC1. The number of nitriles is 1. The Balaban J connectivity index is 1.36. The Bertz CT molecular complexity index is 1110. The van der Waals surface area contributed by atoms with Gasteiger partial charge in [-0.25, -0.2) is 4.98 Å². The molecule has 0 aromatic carbocycles. The van der Waals surface area contributed by atoms with E-state index in [0.717, 1.165) is 67.7 Å². The van der Waals surface area contributed by atoms with Gasteiger partial charge in [-0.2, -0.15) is 5.26 Å². The Hall–Kier alpha value is -2.73. The molecule has 198 valence electrons. The van der Waals surface area contributed by atoms with E-state index in [1.807, 2.05) is 31.2 Å². The van der Waals surface area contributed by atoms with Gasteiger partial charge in [0.1, 0.15) is 5.82 Å². The molecule has 2 fully saturated rings. The Morgan fingerprint density at radius 2 is 2.05 bits per heavy atom. The van der Waals surface area contributed by atoms with Crippen molar-refractivity contribution < 1.29 is 14.6 Å². The molecule has 37 heavy (non-hydrogen) atoms. The molecule has 0 unspecified atom stereocenters. The van der Waals surface area contributed by atoms with Gasteiger partial charge in [-0.05, 0) is 76.0 Å². The second-order valence-electron chi connectivity index (χ2n) is 10.5. The summed E-state index contributed by atoms with van der Waals surface area (Å²) in [4.78, 5) is 20.3. The van der Waals surface area contributed by atoms with Crippen LogP contribution in [0.1, 0.15) is 57.6 Å². The molecule has 1 saturated heterocycles. The van der Waals surface area contributed by atoms with Crippen LogP contribution in [0, 0.1) is 22.7 Å². The lowest BCUT2D eigenvalue weighted by Gasteiger charge is -2.31. The summed E-state index contributed by atoms with van der Waals surface area (Å²) in [5, 5.41) is 26.1. The number of anilines is 1. The lowest BCUT2D eigenvalue weighted by molar-refractivity contribution is -0.137. The molecule has 0 bridgehead atoms. The molecule has 1 atom stereocenters. The van der Waals surface area contributed by atoms with Crippen molar-refractivity contribution in [3.05, 3.63) is 41.2 Å². The largest absolute Gasteiger partial charge is 0.481 e. The van der Waals surface area contributed by atoms with Crippen LogP contribution in [-0.4, -0.2) is 52.9 Å². The fourth-order valence-corrected chi connectivity index (χ4v) is 5.58. The number of carboxylic acid groups (broad SMARTS) is 1. The van der Waals surface area contributed by atoms with Crippen molar-refractivity contribution >= 4 is 23.4 Å². The lowest BCUT2D eigenvalue weighted by Crippen LogP contribution is -2.40. The summed E-state index contributed by atoms with van der Waals surface area (Å²) in [5.41, 5.74) is 2.20. The van der Waals surface area contributed by atoms with Gasteiger partial charge < -0.3 is 20.5 Å². The molecule has 0 amide bonds. The highest BCUT2D eigenvalue weighted by atomic mass is 35.5. The van der Waals surface area contributed by atoms with E-state index in [1.165, 1.54) is 0 Å². The normalized spacial score (nSPS) is 22.1. The molecular formula is C28H36ClN5O3. The maximum absolute atomic E-state index is 10.9. The number of aliphatic carboxylic acids is 1. The minimum Gasteiger partial charge on any atom is -0.481 e.